The minimum Gasteiger partial charge on any atom is -0.481 e. The van der Waals surface area contributed by atoms with E-state index in [0.29, 0.717) is 6.54 Å². The van der Waals surface area contributed by atoms with Crippen molar-refractivity contribution in [2.45, 2.75) is 26.2 Å². The molecule has 0 radical (unpaired) electrons. The molecule has 0 spiro atoms. The fourth-order valence-electron chi connectivity index (χ4n) is 2.65. The van der Waals surface area contributed by atoms with Crippen LogP contribution in [0.1, 0.15) is 35.2 Å². The van der Waals surface area contributed by atoms with Gasteiger partial charge in [0.25, 0.3) is 5.91 Å². The fourth-order valence-corrected chi connectivity index (χ4v) is 2.65. The Hall–Kier alpha value is -1.84. The summed E-state index contributed by atoms with van der Waals surface area (Å²) in [6.45, 7) is 3.20. The summed E-state index contributed by atoms with van der Waals surface area (Å²) in [6, 6.07) is 7.53. The third kappa shape index (κ3) is 3.34. The Bertz CT molecular complexity index is 484. The smallest absolute Gasteiger partial charge is 0.303 e. The van der Waals surface area contributed by atoms with Gasteiger partial charge in [-0.05, 0) is 37.3 Å². The van der Waals surface area contributed by atoms with Crippen molar-refractivity contribution in [3.63, 3.8) is 0 Å². The van der Waals surface area contributed by atoms with E-state index in [1.165, 1.54) is 0 Å². The van der Waals surface area contributed by atoms with Gasteiger partial charge in [0.2, 0.25) is 0 Å². The van der Waals surface area contributed by atoms with Crippen molar-refractivity contribution >= 4 is 11.9 Å². The molecule has 19 heavy (non-hydrogen) atoms. The summed E-state index contributed by atoms with van der Waals surface area (Å²) in [5, 5.41) is 8.85. The van der Waals surface area contributed by atoms with Gasteiger partial charge in [-0.1, -0.05) is 18.2 Å². The number of rotatable bonds is 3. The Morgan fingerprint density at radius 2 is 2.11 bits per heavy atom. The number of aryl methyl sites for hydroxylation is 1. The summed E-state index contributed by atoms with van der Waals surface area (Å²) in [5.41, 5.74) is 1.69. The molecule has 1 atom stereocenters. The Morgan fingerprint density at radius 1 is 1.37 bits per heavy atom. The van der Waals surface area contributed by atoms with Crippen LogP contribution in [0.4, 0.5) is 0 Å². The lowest BCUT2D eigenvalue weighted by molar-refractivity contribution is -0.138. The molecule has 1 aromatic rings. The highest BCUT2D eigenvalue weighted by molar-refractivity contribution is 5.95. The second-order valence-corrected chi connectivity index (χ2v) is 5.17. The number of amides is 1. The summed E-state index contributed by atoms with van der Waals surface area (Å²) < 4.78 is 0. The van der Waals surface area contributed by atoms with Gasteiger partial charge in [0, 0.05) is 25.1 Å². The highest BCUT2D eigenvalue weighted by Crippen LogP contribution is 2.22. The highest BCUT2D eigenvalue weighted by atomic mass is 16.4. The topological polar surface area (TPSA) is 57.6 Å². The lowest BCUT2D eigenvalue weighted by atomic mass is 9.94. The van der Waals surface area contributed by atoms with Crippen LogP contribution in [0.5, 0.6) is 0 Å². The van der Waals surface area contributed by atoms with Crippen molar-refractivity contribution in [3.05, 3.63) is 35.4 Å². The molecule has 1 aliphatic rings. The number of aliphatic carboxylic acids is 1. The molecular formula is C15H19NO3. The van der Waals surface area contributed by atoms with E-state index in [2.05, 4.69) is 0 Å². The summed E-state index contributed by atoms with van der Waals surface area (Å²) in [7, 11) is 0. The fraction of sp³-hybridized carbons (Fsp3) is 0.467. The average Bonchev–Trinajstić information content (AvgIpc) is 2.38. The van der Waals surface area contributed by atoms with Crippen LogP contribution in [-0.4, -0.2) is 35.0 Å². The third-order valence-corrected chi connectivity index (χ3v) is 3.64. The quantitative estimate of drug-likeness (QED) is 0.908. The molecular weight excluding hydrogens is 242 g/mol. The molecule has 1 aliphatic heterocycles. The van der Waals surface area contributed by atoms with Gasteiger partial charge in [-0.25, -0.2) is 0 Å². The van der Waals surface area contributed by atoms with Crippen molar-refractivity contribution in [1.82, 2.24) is 4.90 Å². The number of likely N-dealkylation sites (tertiary alicyclic amines) is 1. The molecule has 4 heteroatoms. The third-order valence-electron chi connectivity index (χ3n) is 3.64. The second-order valence-electron chi connectivity index (χ2n) is 5.17. The van der Waals surface area contributed by atoms with E-state index in [-0.39, 0.29) is 18.2 Å². The molecule has 0 bridgehead atoms. The van der Waals surface area contributed by atoms with Crippen LogP contribution in [0.3, 0.4) is 0 Å². The zero-order chi connectivity index (χ0) is 13.8. The summed E-state index contributed by atoms with van der Waals surface area (Å²) in [6.07, 6.45) is 1.93. The van der Waals surface area contributed by atoms with E-state index in [9.17, 15) is 9.59 Å². The van der Waals surface area contributed by atoms with E-state index in [0.717, 1.165) is 30.5 Å². The van der Waals surface area contributed by atoms with Gasteiger partial charge in [0.05, 0.1) is 0 Å². The van der Waals surface area contributed by atoms with Crippen LogP contribution >= 0.6 is 0 Å². The van der Waals surface area contributed by atoms with Gasteiger partial charge in [-0.15, -0.1) is 0 Å². The first-order valence-corrected chi connectivity index (χ1v) is 6.64. The standard InChI is InChI=1S/C15H19NO3/c1-11-5-2-3-7-13(11)15(19)16-8-4-6-12(10-16)9-14(17)18/h2-3,5,7,12H,4,6,8-10H2,1H3,(H,17,18). The Labute approximate surface area is 113 Å². The number of carboxylic acids is 1. The first kappa shape index (κ1) is 13.6. The number of carboxylic acid groups (broad SMARTS) is 1. The maximum absolute atomic E-state index is 12.4. The number of nitrogens with zero attached hydrogens (tertiary/aromatic N) is 1. The highest BCUT2D eigenvalue weighted by Gasteiger charge is 2.26. The summed E-state index contributed by atoms with van der Waals surface area (Å²) in [5.74, 6) is -0.678. The lowest BCUT2D eigenvalue weighted by Crippen LogP contribution is -2.40. The first-order valence-electron chi connectivity index (χ1n) is 6.64. The van der Waals surface area contributed by atoms with Crippen molar-refractivity contribution in [2.75, 3.05) is 13.1 Å². The van der Waals surface area contributed by atoms with Crippen LogP contribution in [-0.2, 0) is 4.79 Å². The SMILES string of the molecule is Cc1ccccc1C(=O)N1CCCC(CC(=O)O)C1. The van der Waals surface area contributed by atoms with Gasteiger partial charge in [-0.3, -0.25) is 9.59 Å². The predicted molar refractivity (Wildman–Crippen MR) is 72.1 cm³/mol. The van der Waals surface area contributed by atoms with E-state index in [4.69, 9.17) is 5.11 Å². The minimum atomic E-state index is -0.782. The molecule has 1 saturated heterocycles. The van der Waals surface area contributed by atoms with E-state index < -0.39 is 5.97 Å². The molecule has 1 heterocycles. The van der Waals surface area contributed by atoms with E-state index in [1.54, 1.807) is 4.90 Å². The molecule has 1 N–H and O–H groups in total. The van der Waals surface area contributed by atoms with Crippen molar-refractivity contribution in [1.29, 1.82) is 0 Å². The van der Waals surface area contributed by atoms with Gasteiger partial charge < -0.3 is 10.0 Å². The lowest BCUT2D eigenvalue weighted by Gasteiger charge is -2.32. The van der Waals surface area contributed by atoms with Gasteiger partial charge >= 0.3 is 5.97 Å². The second kappa shape index (κ2) is 5.87. The largest absolute Gasteiger partial charge is 0.481 e. The molecule has 1 fully saturated rings. The van der Waals surface area contributed by atoms with Crippen LogP contribution in [0.15, 0.2) is 24.3 Å². The summed E-state index contributed by atoms with van der Waals surface area (Å²) >= 11 is 0. The Morgan fingerprint density at radius 3 is 2.79 bits per heavy atom. The maximum atomic E-state index is 12.4. The van der Waals surface area contributed by atoms with Gasteiger partial charge in [0.1, 0.15) is 0 Å². The van der Waals surface area contributed by atoms with E-state index in [1.807, 2.05) is 31.2 Å². The number of hydrogen-bond donors (Lipinski definition) is 1. The number of piperidine rings is 1. The molecule has 0 saturated carbocycles. The molecule has 1 aromatic carbocycles. The Balaban J connectivity index is 2.07. The number of hydrogen-bond acceptors (Lipinski definition) is 2. The monoisotopic (exact) mass is 261 g/mol. The predicted octanol–water partition coefficient (Wildman–Crippen LogP) is 2.32. The number of carbonyl (C=O) groups is 2. The zero-order valence-electron chi connectivity index (χ0n) is 11.1. The van der Waals surface area contributed by atoms with Crippen molar-refractivity contribution in [3.8, 4) is 0 Å². The average molecular weight is 261 g/mol. The van der Waals surface area contributed by atoms with Crippen LogP contribution < -0.4 is 0 Å². The molecule has 1 unspecified atom stereocenters. The van der Waals surface area contributed by atoms with Crippen LogP contribution in [0.25, 0.3) is 0 Å². The minimum absolute atomic E-state index is 0.0215. The number of benzene rings is 1. The number of carbonyl (C=O) groups excluding carboxylic acids is 1. The van der Waals surface area contributed by atoms with Gasteiger partial charge in [0.15, 0.2) is 0 Å². The molecule has 0 aromatic heterocycles. The summed E-state index contributed by atoms with van der Waals surface area (Å²) in [4.78, 5) is 25.0. The molecule has 1 amide bonds. The molecule has 0 aliphatic carbocycles. The molecule has 2 rings (SSSR count). The van der Waals surface area contributed by atoms with Crippen molar-refractivity contribution < 1.29 is 14.7 Å². The zero-order valence-corrected chi connectivity index (χ0v) is 11.1. The maximum Gasteiger partial charge on any atom is 0.303 e. The Kier molecular flexibility index (Phi) is 4.20. The molecule has 4 nitrogen and oxygen atoms in total. The van der Waals surface area contributed by atoms with Crippen LogP contribution in [0, 0.1) is 12.8 Å². The molecule has 102 valence electrons. The first-order chi connectivity index (χ1) is 9.08. The van der Waals surface area contributed by atoms with E-state index >= 15 is 0 Å². The van der Waals surface area contributed by atoms with Crippen molar-refractivity contribution in [2.24, 2.45) is 5.92 Å². The normalized spacial score (nSPS) is 19.2. The van der Waals surface area contributed by atoms with Crippen LogP contribution in [0.2, 0.25) is 0 Å². The van der Waals surface area contributed by atoms with Gasteiger partial charge in [-0.2, -0.15) is 0 Å².